The summed E-state index contributed by atoms with van der Waals surface area (Å²) < 4.78 is 0. The Labute approximate surface area is 170 Å². The van der Waals surface area contributed by atoms with Crippen molar-refractivity contribution in [3.05, 3.63) is 77.4 Å². The van der Waals surface area contributed by atoms with Gasteiger partial charge in [0.15, 0.2) is 5.96 Å². The summed E-state index contributed by atoms with van der Waals surface area (Å²) in [4.78, 5) is 32.7. The summed E-state index contributed by atoms with van der Waals surface area (Å²) in [6.45, 7) is 2.42. The summed E-state index contributed by atoms with van der Waals surface area (Å²) >= 11 is 0. The summed E-state index contributed by atoms with van der Waals surface area (Å²) in [5.41, 5.74) is 3.58. The lowest BCUT2D eigenvalue weighted by Crippen LogP contribution is -2.46. The van der Waals surface area contributed by atoms with Crippen LogP contribution in [0.1, 0.15) is 32.7 Å². The van der Waals surface area contributed by atoms with Gasteiger partial charge in [0.25, 0.3) is 11.8 Å². The van der Waals surface area contributed by atoms with Crippen LogP contribution in [0.25, 0.3) is 5.57 Å². The number of imide groups is 1. The molecule has 0 atom stereocenters. The van der Waals surface area contributed by atoms with Crippen molar-refractivity contribution in [1.29, 1.82) is 0 Å². The Morgan fingerprint density at radius 3 is 2.24 bits per heavy atom. The summed E-state index contributed by atoms with van der Waals surface area (Å²) in [6.07, 6.45) is 3.18. The maximum Gasteiger partial charge on any atom is 0.261 e. The third kappa shape index (κ3) is 3.78. The molecule has 6 nitrogen and oxygen atoms in total. The van der Waals surface area contributed by atoms with Crippen molar-refractivity contribution in [2.45, 2.75) is 6.42 Å². The molecule has 0 saturated heterocycles. The molecular formula is C23H24N4O2. The Hall–Kier alpha value is -3.41. The Morgan fingerprint density at radius 1 is 1.00 bits per heavy atom. The minimum Gasteiger partial charge on any atom is -0.354 e. The molecule has 2 aromatic carbocycles. The number of nitrogens with one attached hydrogen (secondary N) is 1. The Kier molecular flexibility index (Phi) is 5.42. The van der Waals surface area contributed by atoms with Gasteiger partial charge in [-0.05, 0) is 29.7 Å². The Balaban J connectivity index is 1.33. The molecule has 1 N–H and O–H groups in total. The third-order valence-corrected chi connectivity index (χ3v) is 5.36. The standard InChI is InChI=1S/C23H24N4O2/c1-24-23(26-14-11-18(12-15-26)17-7-3-2-4-8-17)25-13-16-27-21(28)19-9-5-6-10-20(19)22(27)29/h2-11H,12-16H2,1H3,(H,24,25). The maximum absolute atomic E-state index is 12.5. The number of nitrogens with zero attached hydrogens (tertiary/aromatic N) is 3. The number of carbonyl (C=O) groups is 2. The summed E-state index contributed by atoms with van der Waals surface area (Å²) in [5.74, 6) is 0.330. The smallest absolute Gasteiger partial charge is 0.261 e. The highest BCUT2D eigenvalue weighted by atomic mass is 16.2. The van der Waals surface area contributed by atoms with Gasteiger partial charge in [0.2, 0.25) is 0 Å². The number of hydrogen-bond acceptors (Lipinski definition) is 3. The first kappa shape index (κ1) is 18.9. The number of fused-ring (bicyclic) bond motifs is 1. The number of amides is 2. The SMILES string of the molecule is CN=C(NCCN1C(=O)c2ccccc2C1=O)N1CC=C(c2ccccc2)CC1. The fourth-order valence-electron chi connectivity index (χ4n) is 3.83. The van der Waals surface area contributed by atoms with Crippen LogP contribution in [0.5, 0.6) is 0 Å². The zero-order chi connectivity index (χ0) is 20.2. The second kappa shape index (κ2) is 8.31. The molecule has 4 rings (SSSR count). The predicted octanol–water partition coefficient (Wildman–Crippen LogP) is 2.65. The van der Waals surface area contributed by atoms with Gasteiger partial charge in [-0.2, -0.15) is 0 Å². The zero-order valence-electron chi connectivity index (χ0n) is 16.5. The van der Waals surface area contributed by atoms with E-state index in [1.165, 1.54) is 16.0 Å². The molecule has 2 heterocycles. The Morgan fingerprint density at radius 2 is 1.66 bits per heavy atom. The summed E-state index contributed by atoms with van der Waals surface area (Å²) in [6, 6.07) is 17.4. The fourth-order valence-corrected chi connectivity index (χ4v) is 3.83. The van der Waals surface area contributed by atoms with Crippen molar-refractivity contribution < 1.29 is 9.59 Å². The van der Waals surface area contributed by atoms with Gasteiger partial charge in [-0.15, -0.1) is 0 Å². The summed E-state index contributed by atoms with van der Waals surface area (Å²) in [7, 11) is 1.75. The quantitative estimate of drug-likeness (QED) is 0.497. The first-order chi connectivity index (χ1) is 14.2. The van der Waals surface area contributed by atoms with Crippen LogP contribution in [-0.4, -0.2) is 60.8 Å². The van der Waals surface area contributed by atoms with Gasteiger partial charge in [0.05, 0.1) is 11.1 Å². The predicted molar refractivity (Wildman–Crippen MR) is 114 cm³/mol. The van der Waals surface area contributed by atoms with Crippen molar-refractivity contribution in [2.24, 2.45) is 4.99 Å². The van der Waals surface area contributed by atoms with Crippen LogP contribution in [0.15, 0.2) is 65.7 Å². The average Bonchev–Trinajstić information content (AvgIpc) is 3.02. The van der Waals surface area contributed by atoms with Crippen LogP contribution < -0.4 is 5.32 Å². The highest BCUT2D eigenvalue weighted by Crippen LogP contribution is 2.23. The van der Waals surface area contributed by atoms with Crippen molar-refractivity contribution in [3.8, 4) is 0 Å². The largest absolute Gasteiger partial charge is 0.354 e. The highest BCUT2D eigenvalue weighted by molar-refractivity contribution is 6.21. The van der Waals surface area contributed by atoms with E-state index in [0.29, 0.717) is 24.2 Å². The number of guanidine groups is 1. The van der Waals surface area contributed by atoms with Gasteiger partial charge in [0.1, 0.15) is 0 Å². The molecule has 2 aromatic rings. The molecule has 0 aromatic heterocycles. The molecule has 0 radical (unpaired) electrons. The number of aliphatic imine (C=N–C) groups is 1. The van der Waals surface area contributed by atoms with Crippen LogP contribution in [0.2, 0.25) is 0 Å². The van der Waals surface area contributed by atoms with Gasteiger partial charge in [-0.1, -0.05) is 48.5 Å². The van der Waals surface area contributed by atoms with Gasteiger partial charge >= 0.3 is 0 Å². The van der Waals surface area contributed by atoms with Crippen LogP contribution in [-0.2, 0) is 0 Å². The molecule has 6 heteroatoms. The Bertz CT molecular complexity index is 946. The number of rotatable bonds is 4. The second-order valence-electron chi connectivity index (χ2n) is 7.07. The third-order valence-electron chi connectivity index (χ3n) is 5.36. The number of hydrogen-bond donors (Lipinski definition) is 1. The molecule has 2 aliphatic heterocycles. The molecule has 2 aliphatic rings. The first-order valence-electron chi connectivity index (χ1n) is 9.84. The maximum atomic E-state index is 12.5. The summed E-state index contributed by atoms with van der Waals surface area (Å²) in [5, 5.41) is 3.29. The van der Waals surface area contributed by atoms with Crippen molar-refractivity contribution in [2.75, 3.05) is 33.2 Å². The highest BCUT2D eigenvalue weighted by Gasteiger charge is 2.34. The molecule has 29 heavy (non-hydrogen) atoms. The van der Waals surface area contributed by atoms with Crippen LogP contribution in [0.3, 0.4) is 0 Å². The molecule has 0 saturated carbocycles. The zero-order valence-corrected chi connectivity index (χ0v) is 16.5. The topological polar surface area (TPSA) is 65.0 Å². The van der Waals surface area contributed by atoms with E-state index in [1.807, 2.05) is 6.07 Å². The van der Waals surface area contributed by atoms with E-state index in [9.17, 15) is 9.59 Å². The normalized spacial score (nSPS) is 16.7. The van der Waals surface area contributed by atoms with Gasteiger partial charge in [0, 0.05) is 33.2 Å². The lowest BCUT2D eigenvalue weighted by Gasteiger charge is -2.30. The van der Waals surface area contributed by atoms with Gasteiger partial charge in [-0.25, -0.2) is 0 Å². The van der Waals surface area contributed by atoms with E-state index in [-0.39, 0.29) is 11.8 Å². The van der Waals surface area contributed by atoms with E-state index < -0.39 is 0 Å². The van der Waals surface area contributed by atoms with Crippen molar-refractivity contribution in [3.63, 3.8) is 0 Å². The number of benzene rings is 2. The van der Waals surface area contributed by atoms with Crippen molar-refractivity contribution in [1.82, 2.24) is 15.1 Å². The van der Waals surface area contributed by atoms with E-state index >= 15 is 0 Å². The molecule has 2 amide bonds. The minimum absolute atomic E-state index is 0.226. The molecule has 0 unspecified atom stereocenters. The van der Waals surface area contributed by atoms with E-state index in [2.05, 4.69) is 45.6 Å². The molecule has 148 valence electrons. The molecule has 0 fully saturated rings. The monoisotopic (exact) mass is 388 g/mol. The molecule has 0 aliphatic carbocycles. The average molecular weight is 388 g/mol. The van der Waals surface area contributed by atoms with Gasteiger partial charge in [-0.3, -0.25) is 19.5 Å². The fraction of sp³-hybridized carbons (Fsp3) is 0.261. The van der Waals surface area contributed by atoms with Crippen LogP contribution >= 0.6 is 0 Å². The van der Waals surface area contributed by atoms with Crippen molar-refractivity contribution >= 4 is 23.3 Å². The second-order valence-corrected chi connectivity index (χ2v) is 7.07. The lowest BCUT2D eigenvalue weighted by molar-refractivity contribution is 0.0657. The minimum atomic E-state index is -0.226. The van der Waals surface area contributed by atoms with E-state index in [4.69, 9.17) is 0 Å². The van der Waals surface area contributed by atoms with Crippen LogP contribution in [0, 0.1) is 0 Å². The van der Waals surface area contributed by atoms with E-state index in [0.717, 1.165) is 25.5 Å². The van der Waals surface area contributed by atoms with Gasteiger partial charge < -0.3 is 10.2 Å². The van der Waals surface area contributed by atoms with E-state index in [1.54, 1.807) is 31.3 Å². The lowest BCUT2D eigenvalue weighted by atomic mass is 10.00. The van der Waals surface area contributed by atoms with Crippen LogP contribution in [0.4, 0.5) is 0 Å². The molecular weight excluding hydrogens is 364 g/mol. The first-order valence-corrected chi connectivity index (χ1v) is 9.84. The molecule has 0 spiro atoms. The molecule has 0 bridgehead atoms. The number of carbonyl (C=O) groups excluding carboxylic acids is 2.